The largest absolute Gasteiger partial charge is 0.573 e. The van der Waals surface area contributed by atoms with E-state index in [2.05, 4.69) is 50.3 Å². The molecule has 0 aliphatic heterocycles. The highest BCUT2D eigenvalue weighted by atomic mass is 32.1. The summed E-state index contributed by atoms with van der Waals surface area (Å²) in [5.74, 6) is -0.705. The maximum absolute atomic E-state index is 14.9. The minimum absolute atomic E-state index is 0.213. The quantitative estimate of drug-likeness (QED) is 0.176. The number of hydrogen-bond donors (Lipinski definition) is 1. The second-order valence-electron chi connectivity index (χ2n) is 10.1. The lowest BCUT2D eigenvalue weighted by molar-refractivity contribution is -0.274. The van der Waals surface area contributed by atoms with E-state index in [1.54, 1.807) is 12.1 Å². The summed E-state index contributed by atoms with van der Waals surface area (Å²) in [6, 6.07) is 16.9. The van der Waals surface area contributed by atoms with Crippen molar-refractivity contribution in [1.29, 1.82) is 0 Å². The van der Waals surface area contributed by atoms with Crippen molar-refractivity contribution in [3.05, 3.63) is 112 Å². The lowest BCUT2D eigenvalue weighted by Gasteiger charge is -2.13. The fraction of sp³-hybridized carbons (Fsp3) is 0.188. The topological polar surface area (TPSA) is 86.3 Å². The van der Waals surface area contributed by atoms with Gasteiger partial charge in [0, 0.05) is 28.4 Å². The van der Waals surface area contributed by atoms with Crippen LogP contribution in [0, 0.1) is 13.8 Å². The SMILES string of the molecule is CCCc1ccc(C)cc1-n1c(C)csc1=NC(=O)N/C=C(\F)c1ccc(-c2ncn(-c3ccc(OC(F)(F)F)cc3)n2)cc1. The van der Waals surface area contributed by atoms with E-state index in [4.69, 9.17) is 0 Å². The third kappa shape index (κ3) is 7.73. The number of carbonyl (C=O) groups excluding carboxylic acids is 1. The van der Waals surface area contributed by atoms with Crippen LogP contribution < -0.4 is 14.9 Å². The van der Waals surface area contributed by atoms with Gasteiger partial charge in [0.25, 0.3) is 0 Å². The van der Waals surface area contributed by atoms with E-state index in [0.717, 1.165) is 41.5 Å². The smallest absolute Gasteiger partial charge is 0.406 e. The third-order valence-corrected chi connectivity index (χ3v) is 7.59. The van der Waals surface area contributed by atoms with Crippen LogP contribution in [0.2, 0.25) is 0 Å². The van der Waals surface area contributed by atoms with Gasteiger partial charge in [-0.15, -0.1) is 29.6 Å². The number of aromatic nitrogens is 4. The van der Waals surface area contributed by atoms with E-state index >= 15 is 0 Å². The van der Waals surface area contributed by atoms with Crippen LogP contribution in [0.1, 0.15) is 35.7 Å². The molecular formula is C32H28F4N6O2S. The number of thiazole rings is 1. The summed E-state index contributed by atoms with van der Waals surface area (Å²) in [4.78, 5) is 21.6. The van der Waals surface area contributed by atoms with Crippen LogP contribution in [0.3, 0.4) is 0 Å². The van der Waals surface area contributed by atoms with E-state index in [9.17, 15) is 22.4 Å². The van der Waals surface area contributed by atoms with Crippen LogP contribution in [-0.4, -0.2) is 31.7 Å². The standard InChI is InChI=1S/C32H28F4N6O2S/c1-4-5-23-7-6-20(2)16-28(23)42-21(3)18-45-31(42)39-30(43)37-17-27(33)22-8-10-24(11-9-22)29-38-19-41(40-29)25-12-14-26(15-13-25)44-32(34,35)36/h6-19H,4-5H2,1-3H3,(H,37,43)/b27-17-,39-31?. The van der Waals surface area contributed by atoms with Crippen molar-refractivity contribution in [2.24, 2.45) is 4.99 Å². The molecule has 45 heavy (non-hydrogen) atoms. The fourth-order valence-corrected chi connectivity index (χ4v) is 5.42. The Kier molecular flexibility index (Phi) is 9.28. The zero-order chi connectivity index (χ0) is 32.1. The van der Waals surface area contributed by atoms with Gasteiger partial charge in [0.05, 0.1) is 11.4 Å². The molecule has 0 aliphatic carbocycles. The van der Waals surface area contributed by atoms with Crippen molar-refractivity contribution in [3.63, 3.8) is 0 Å². The third-order valence-electron chi connectivity index (χ3n) is 6.65. The zero-order valence-electron chi connectivity index (χ0n) is 24.5. The number of carbonyl (C=O) groups is 1. The molecule has 5 rings (SSSR count). The first-order valence-corrected chi connectivity index (χ1v) is 14.8. The fourth-order valence-electron chi connectivity index (χ4n) is 4.55. The average molecular weight is 637 g/mol. The number of hydrogen-bond acceptors (Lipinski definition) is 5. The van der Waals surface area contributed by atoms with Crippen LogP contribution in [0.5, 0.6) is 5.75 Å². The minimum atomic E-state index is -4.78. The zero-order valence-corrected chi connectivity index (χ0v) is 25.3. The van der Waals surface area contributed by atoms with Gasteiger partial charge in [-0.3, -0.25) is 4.57 Å². The van der Waals surface area contributed by atoms with E-state index in [0.29, 0.717) is 21.9 Å². The summed E-state index contributed by atoms with van der Waals surface area (Å²) in [6.07, 6.45) is -0.563. The number of halogens is 4. The molecule has 0 bridgehead atoms. The highest BCUT2D eigenvalue weighted by Crippen LogP contribution is 2.25. The van der Waals surface area contributed by atoms with Crippen molar-refractivity contribution in [3.8, 4) is 28.5 Å². The van der Waals surface area contributed by atoms with Crippen LogP contribution >= 0.6 is 11.3 Å². The van der Waals surface area contributed by atoms with E-state index in [1.807, 2.05) is 23.8 Å². The van der Waals surface area contributed by atoms with Gasteiger partial charge < -0.3 is 10.1 Å². The molecule has 232 valence electrons. The molecule has 0 aliphatic rings. The Morgan fingerprint density at radius 2 is 1.80 bits per heavy atom. The average Bonchev–Trinajstić information content (AvgIpc) is 3.64. The van der Waals surface area contributed by atoms with E-state index < -0.39 is 18.2 Å². The van der Waals surface area contributed by atoms with Crippen LogP contribution in [0.4, 0.5) is 22.4 Å². The molecule has 5 aromatic rings. The first-order valence-electron chi connectivity index (χ1n) is 13.9. The minimum Gasteiger partial charge on any atom is -0.406 e. The van der Waals surface area contributed by atoms with Crippen molar-refractivity contribution < 1.29 is 27.1 Å². The van der Waals surface area contributed by atoms with Gasteiger partial charge in [0.1, 0.15) is 17.9 Å². The molecule has 2 amide bonds. The summed E-state index contributed by atoms with van der Waals surface area (Å²) in [5.41, 5.74) is 5.41. The maximum Gasteiger partial charge on any atom is 0.573 e. The van der Waals surface area contributed by atoms with E-state index in [1.165, 1.54) is 58.7 Å². The first kappa shape index (κ1) is 31.4. The molecule has 3 aromatic carbocycles. The second kappa shape index (κ2) is 13.3. The second-order valence-corrected chi connectivity index (χ2v) is 10.9. The Labute approximate surface area is 260 Å². The van der Waals surface area contributed by atoms with Crippen molar-refractivity contribution in [1.82, 2.24) is 24.6 Å². The van der Waals surface area contributed by atoms with Gasteiger partial charge in [-0.1, -0.05) is 49.7 Å². The summed E-state index contributed by atoms with van der Waals surface area (Å²) in [5, 5.41) is 8.67. The molecule has 2 heterocycles. The number of nitrogens with one attached hydrogen (secondary N) is 1. The van der Waals surface area contributed by atoms with Crippen LogP contribution in [-0.2, 0) is 6.42 Å². The Morgan fingerprint density at radius 1 is 1.07 bits per heavy atom. The molecule has 0 saturated heterocycles. The number of urea groups is 1. The van der Waals surface area contributed by atoms with E-state index in [-0.39, 0.29) is 11.3 Å². The molecular weight excluding hydrogens is 608 g/mol. The van der Waals surface area contributed by atoms with Gasteiger partial charge >= 0.3 is 12.4 Å². The number of ether oxygens (including phenoxy) is 1. The lowest BCUT2D eigenvalue weighted by Crippen LogP contribution is -2.22. The number of amides is 2. The van der Waals surface area contributed by atoms with Crippen LogP contribution in [0.15, 0.2) is 89.6 Å². The predicted octanol–water partition coefficient (Wildman–Crippen LogP) is 7.83. The molecule has 0 atom stereocenters. The predicted molar refractivity (Wildman–Crippen MR) is 164 cm³/mol. The summed E-state index contributed by atoms with van der Waals surface area (Å²) < 4.78 is 59.4. The molecule has 0 fully saturated rings. The van der Waals surface area contributed by atoms with Gasteiger partial charge in [0.15, 0.2) is 10.6 Å². The molecule has 1 N–H and O–H groups in total. The number of aryl methyl sites for hydroxylation is 3. The lowest BCUT2D eigenvalue weighted by atomic mass is 10.1. The highest BCUT2D eigenvalue weighted by molar-refractivity contribution is 7.07. The summed E-state index contributed by atoms with van der Waals surface area (Å²) in [6.45, 7) is 6.07. The molecule has 0 unspecified atom stereocenters. The Hall–Kier alpha value is -5.04. The molecule has 0 spiro atoms. The van der Waals surface area contributed by atoms with Gasteiger partial charge in [0.2, 0.25) is 0 Å². The van der Waals surface area contributed by atoms with Crippen molar-refractivity contribution in [2.75, 3.05) is 0 Å². The van der Waals surface area contributed by atoms with Gasteiger partial charge in [-0.05, 0) is 61.7 Å². The number of rotatable bonds is 8. The van der Waals surface area contributed by atoms with Crippen molar-refractivity contribution in [2.45, 2.75) is 40.0 Å². The maximum atomic E-state index is 14.9. The molecule has 0 saturated carbocycles. The molecule has 8 nitrogen and oxygen atoms in total. The summed E-state index contributed by atoms with van der Waals surface area (Å²) in [7, 11) is 0. The highest BCUT2D eigenvalue weighted by Gasteiger charge is 2.31. The molecule has 2 aromatic heterocycles. The normalized spacial score (nSPS) is 12.4. The molecule has 0 radical (unpaired) electrons. The molecule has 13 heteroatoms. The van der Waals surface area contributed by atoms with Crippen LogP contribution in [0.25, 0.3) is 28.6 Å². The number of benzene rings is 3. The Balaban J connectivity index is 1.27. The Morgan fingerprint density at radius 3 is 2.49 bits per heavy atom. The van der Waals surface area contributed by atoms with Gasteiger partial charge in [-0.25, -0.2) is 18.9 Å². The van der Waals surface area contributed by atoms with Crippen molar-refractivity contribution >= 4 is 23.2 Å². The van der Waals surface area contributed by atoms with Gasteiger partial charge in [-0.2, -0.15) is 4.99 Å². The number of nitrogens with zero attached hydrogens (tertiary/aromatic N) is 5. The summed E-state index contributed by atoms with van der Waals surface area (Å²) >= 11 is 1.33. The first-order chi connectivity index (χ1) is 21.5. The Bertz CT molecular complexity index is 1910. The number of alkyl halides is 3. The monoisotopic (exact) mass is 636 g/mol.